The number of hydrogen-bond acceptors (Lipinski definition) is 2. The van der Waals surface area contributed by atoms with E-state index in [4.69, 9.17) is 0 Å². The normalized spacial score (nSPS) is 7.12. The molecule has 0 radical (unpaired) electrons. The summed E-state index contributed by atoms with van der Waals surface area (Å²) in [5.74, 6) is 0.522. The van der Waals surface area contributed by atoms with Crippen LogP contribution in [0, 0.1) is 0 Å². The number of carbonyl (C=O) groups is 1. The molecule has 2 amide bonds. The third-order valence-electron chi connectivity index (χ3n) is 1.26. The third-order valence-corrected chi connectivity index (χ3v) is 1.26. The number of urea groups is 1. The van der Waals surface area contributed by atoms with Gasteiger partial charge in [-0.3, -0.25) is 5.32 Å². The van der Waals surface area contributed by atoms with Crippen LogP contribution in [0.5, 0.6) is 0 Å². The van der Waals surface area contributed by atoms with Gasteiger partial charge < -0.3 is 4.90 Å². The Morgan fingerprint density at radius 3 is 1.75 bits per heavy atom. The van der Waals surface area contributed by atoms with Crippen LogP contribution < -0.4 is 5.32 Å². The lowest BCUT2D eigenvalue weighted by Crippen LogP contribution is -2.33. The molecule has 0 aromatic rings. The lowest BCUT2D eigenvalue weighted by Gasteiger charge is -2.12. The van der Waals surface area contributed by atoms with Crippen molar-refractivity contribution < 1.29 is 4.79 Å². The van der Waals surface area contributed by atoms with E-state index in [0.29, 0.717) is 5.82 Å². The zero-order chi connectivity index (χ0) is 13.7. The molecule has 1 N–H and O–H groups in total. The van der Waals surface area contributed by atoms with Gasteiger partial charge in [0.1, 0.15) is 5.82 Å². The van der Waals surface area contributed by atoms with Crippen molar-refractivity contribution in [3.05, 3.63) is 24.6 Å². The Labute approximate surface area is 99.8 Å². The number of nitrogens with zero attached hydrogens (tertiary/aromatic N) is 2. The van der Waals surface area contributed by atoms with E-state index in [0.717, 1.165) is 5.57 Å². The molecule has 0 spiro atoms. The van der Waals surface area contributed by atoms with Crippen molar-refractivity contribution in [2.24, 2.45) is 4.99 Å². The molecule has 0 atom stereocenters. The zero-order valence-corrected chi connectivity index (χ0v) is 11.4. The molecule has 4 heteroatoms. The minimum atomic E-state index is -0.196. The van der Waals surface area contributed by atoms with Gasteiger partial charge in [0.05, 0.1) is 0 Å². The molecule has 0 bridgehead atoms. The molecule has 0 saturated carbocycles. The quantitative estimate of drug-likeness (QED) is 0.572. The summed E-state index contributed by atoms with van der Waals surface area (Å²) >= 11 is 0. The van der Waals surface area contributed by atoms with Crippen LogP contribution in [-0.2, 0) is 0 Å². The maximum absolute atomic E-state index is 11.1. The van der Waals surface area contributed by atoms with Gasteiger partial charge >= 0.3 is 6.03 Å². The fourth-order valence-electron chi connectivity index (χ4n) is 0.536. The number of hydrogen-bond donors (Lipinski definition) is 1. The Kier molecular flexibility index (Phi) is 16.7. The fourth-order valence-corrected chi connectivity index (χ4v) is 0.536. The Morgan fingerprint density at radius 2 is 1.56 bits per heavy atom. The van der Waals surface area contributed by atoms with Gasteiger partial charge in [0.15, 0.2) is 0 Å². The summed E-state index contributed by atoms with van der Waals surface area (Å²) in [6.45, 7) is 17.1. The van der Waals surface area contributed by atoms with Crippen LogP contribution in [0.15, 0.2) is 29.5 Å². The van der Waals surface area contributed by atoms with Gasteiger partial charge in [0, 0.05) is 14.1 Å². The summed E-state index contributed by atoms with van der Waals surface area (Å²) in [5, 5.41) is 2.60. The first kappa shape index (κ1) is 19.9. The molecular formula is C12H25N3O. The highest BCUT2D eigenvalue weighted by atomic mass is 16.2. The van der Waals surface area contributed by atoms with Crippen LogP contribution in [0.2, 0.25) is 0 Å². The molecule has 0 aliphatic heterocycles. The number of carbonyl (C=O) groups excluding carboxylic acids is 1. The summed E-state index contributed by atoms with van der Waals surface area (Å²) in [5.41, 5.74) is 0.931. The summed E-state index contributed by atoms with van der Waals surface area (Å²) in [4.78, 5) is 16.2. The number of allylic oxidation sites excluding steroid dienone is 1. The van der Waals surface area contributed by atoms with Crippen LogP contribution in [0.1, 0.15) is 27.7 Å². The standard InChI is InChI=1S/C8H15N3O.C2H6.C2H4/c1-6(2)7(9-3)10-8(12)11(4)5;2*1-2/h3H2,1-2,4-5H3,(H,10,12);1-2H3;1-2H2. The van der Waals surface area contributed by atoms with Gasteiger partial charge in [0.2, 0.25) is 0 Å². The smallest absolute Gasteiger partial charge is 0.322 e. The van der Waals surface area contributed by atoms with Crippen LogP contribution in [0.4, 0.5) is 4.79 Å². The van der Waals surface area contributed by atoms with E-state index in [9.17, 15) is 4.79 Å². The van der Waals surface area contributed by atoms with E-state index in [1.807, 2.05) is 27.7 Å². The molecule has 94 valence electrons. The Bertz CT molecular complexity index is 228. The molecule has 4 nitrogen and oxygen atoms in total. The van der Waals surface area contributed by atoms with Gasteiger partial charge in [-0.2, -0.15) is 0 Å². The number of amides is 2. The lowest BCUT2D eigenvalue weighted by molar-refractivity contribution is 0.220. The van der Waals surface area contributed by atoms with Crippen molar-refractivity contribution in [3.63, 3.8) is 0 Å². The van der Waals surface area contributed by atoms with Crippen LogP contribution in [0.3, 0.4) is 0 Å². The largest absolute Gasteiger partial charge is 0.331 e. The summed E-state index contributed by atoms with van der Waals surface area (Å²) in [7, 11) is 3.34. The van der Waals surface area contributed by atoms with Crippen molar-refractivity contribution in [3.8, 4) is 0 Å². The van der Waals surface area contributed by atoms with Gasteiger partial charge in [-0.25, -0.2) is 9.79 Å². The monoisotopic (exact) mass is 227 g/mol. The highest BCUT2D eigenvalue weighted by Gasteiger charge is 2.04. The Hall–Kier alpha value is -1.58. The van der Waals surface area contributed by atoms with E-state index in [2.05, 4.69) is 30.2 Å². The molecule has 0 aliphatic carbocycles. The second kappa shape index (κ2) is 13.4. The van der Waals surface area contributed by atoms with Crippen LogP contribution in [-0.4, -0.2) is 31.7 Å². The first-order chi connectivity index (χ1) is 7.49. The number of rotatable bonds is 2. The Balaban J connectivity index is -0.000000376. The summed E-state index contributed by atoms with van der Waals surface area (Å²) < 4.78 is 0. The number of nitrogens with one attached hydrogen (secondary N) is 1. The van der Waals surface area contributed by atoms with E-state index in [1.165, 1.54) is 4.90 Å². The molecule has 0 fully saturated rings. The number of aliphatic imine (C=N–C) groups is 1. The predicted molar refractivity (Wildman–Crippen MR) is 72.7 cm³/mol. The van der Waals surface area contributed by atoms with Crippen molar-refractivity contribution in [2.75, 3.05) is 14.1 Å². The molecule has 0 aromatic heterocycles. The van der Waals surface area contributed by atoms with Crippen molar-refractivity contribution in [1.29, 1.82) is 0 Å². The molecule has 0 unspecified atom stereocenters. The maximum Gasteiger partial charge on any atom is 0.322 e. The average Bonchev–Trinajstić information content (AvgIpc) is 2.30. The van der Waals surface area contributed by atoms with Gasteiger partial charge in [-0.15, -0.1) is 13.2 Å². The van der Waals surface area contributed by atoms with E-state index in [-0.39, 0.29) is 6.03 Å². The van der Waals surface area contributed by atoms with Crippen molar-refractivity contribution in [1.82, 2.24) is 10.2 Å². The van der Waals surface area contributed by atoms with Crippen molar-refractivity contribution >= 4 is 12.7 Å². The van der Waals surface area contributed by atoms with E-state index < -0.39 is 0 Å². The molecule has 16 heavy (non-hydrogen) atoms. The van der Waals surface area contributed by atoms with Gasteiger partial charge in [-0.1, -0.05) is 13.8 Å². The Morgan fingerprint density at radius 1 is 1.19 bits per heavy atom. The van der Waals surface area contributed by atoms with Crippen molar-refractivity contribution in [2.45, 2.75) is 27.7 Å². The molecule has 0 saturated heterocycles. The third kappa shape index (κ3) is 10.5. The highest BCUT2D eigenvalue weighted by Crippen LogP contribution is 1.99. The lowest BCUT2D eigenvalue weighted by atomic mass is 10.3. The first-order valence-corrected chi connectivity index (χ1v) is 5.11. The molecule has 0 rings (SSSR count). The summed E-state index contributed by atoms with van der Waals surface area (Å²) in [6, 6.07) is -0.196. The predicted octanol–water partition coefficient (Wildman–Crippen LogP) is 3.04. The van der Waals surface area contributed by atoms with Gasteiger partial charge in [-0.05, 0) is 26.1 Å². The fraction of sp³-hybridized carbons (Fsp3) is 0.500. The topological polar surface area (TPSA) is 44.7 Å². The maximum atomic E-state index is 11.1. The second-order valence-corrected chi connectivity index (χ2v) is 2.83. The average molecular weight is 227 g/mol. The van der Waals surface area contributed by atoms with Crippen LogP contribution >= 0.6 is 0 Å². The van der Waals surface area contributed by atoms with E-state index in [1.54, 1.807) is 14.1 Å². The summed E-state index contributed by atoms with van der Waals surface area (Å²) in [6.07, 6.45) is 0. The van der Waals surface area contributed by atoms with E-state index >= 15 is 0 Å². The minimum Gasteiger partial charge on any atom is -0.331 e. The molecule has 0 aromatic carbocycles. The van der Waals surface area contributed by atoms with Gasteiger partial charge in [0.25, 0.3) is 0 Å². The highest BCUT2D eigenvalue weighted by molar-refractivity contribution is 5.75. The SMILES string of the molecule is C=C.C=NC(NC(=O)N(C)C)=C(C)C.CC. The minimum absolute atomic E-state index is 0.196. The molecule has 0 aliphatic rings. The molecule has 0 heterocycles. The first-order valence-electron chi connectivity index (χ1n) is 5.11. The van der Waals surface area contributed by atoms with Crippen LogP contribution in [0.25, 0.3) is 0 Å². The molecular weight excluding hydrogens is 202 g/mol. The second-order valence-electron chi connectivity index (χ2n) is 2.83. The zero-order valence-electron chi connectivity index (χ0n) is 11.4.